The predicted octanol–water partition coefficient (Wildman–Crippen LogP) is 5.72. The first-order chi connectivity index (χ1) is 13.2. The van der Waals surface area contributed by atoms with Crippen LogP contribution in [0.25, 0.3) is 0 Å². The molecule has 3 aromatic rings. The maximum Gasteiger partial charge on any atom is 0.213 e. The summed E-state index contributed by atoms with van der Waals surface area (Å²) in [5, 5.41) is 7.56. The van der Waals surface area contributed by atoms with Crippen molar-refractivity contribution >= 4 is 17.3 Å². The van der Waals surface area contributed by atoms with E-state index in [-0.39, 0.29) is 11.9 Å². The van der Waals surface area contributed by atoms with Crippen molar-refractivity contribution in [1.82, 2.24) is 5.01 Å². The third-order valence-electron chi connectivity index (χ3n) is 5.03. The SMILES string of the molecule is Fc1ccc([C@H]2Oc3ccccc3[C@@H]3CC(c4ccc(Cl)cc4)=NN23)cc1. The van der Waals surface area contributed by atoms with Crippen molar-refractivity contribution in [1.29, 1.82) is 0 Å². The number of para-hydroxylation sites is 1. The molecular formula is C22H16ClFN2O. The predicted molar refractivity (Wildman–Crippen MR) is 103 cm³/mol. The highest BCUT2D eigenvalue weighted by Gasteiger charge is 2.40. The molecule has 134 valence electrons. The van der Waals surface area contributed by atoms with Crippen LogP contribution in [0.15, 0.2) is 77.9 Å². The van der Waals surface area contributed by atoms with E-state index in [0.717, 1.165) is 34.6 Å². The molecule has 0 saturated heterocycles. The summed E-state index contributed by atoms with van der Waals surface area (Å²) in [4.78, 5) is 0. The quantitative estimate of drug-likeness (QED) is 0.569. The Hall–Kier alpha value is -2.85. The van der Waals surface area contributed by atoms with E-state index >= 15 is 0 Å². The molecule has 27 heavy (non-hydrogen) atoms. The minimum atomic E-state index is -0.393. The van der Waals surface area contributed by atoms with Crippen molar-refractivity contribution in [3.63, 3.8) is 0 Å². The first kappa shape index (κ1) is 16.3. The average Bonchev–Trinajstić information content (AvgIpc) is 3.14. The molecule has 2 aliphatic rings. The molecule has 0 spiro atoms. The van der Waals surface area contributed by atoms with E-state index in [9.17, 15) is 4.39 Å². The summed E-state index contributed by atoms with van der Waals surface area (Å²) >= 11 is 6.02. The largest absolute Gasteiger partial charge is 0.464 e. The van der Waals surface area contributed by atoms with Gasteiger partial charge >= 0.3 is 0 Å². The average molecular weight is 379 g/mol. The molecule has 0 radical (unpaired) electrons. The Bertz CT molecular complexity index is 1020. The van der Waals surface area contributed by atoms with Gasteiger partial charge in [-0.25, -0.2) is 9.40 Å². The normalized spacial score (nSPS) is 20.5. The maximum absolute atomic E-state index is 13.4. The first-order valence-electron chi connectivity index (χ1n) is 8.82. The van der Waals surface area contributed by atoms with E-state index in [1.165, 1.54) is 12.1 Å². The van der Waals surface area contributed by atoms with Gasteiger partial charge in [-0.05, 0) is 35.9 Å². The Kier molecular flexibility index (Phi) is 3.87. The number of ether oxygens (including phenoxy) is 1. The van der Waals surface area contributed by atoms with Crippen LogP contribution < -0.4 is 4.74 Å². The van der Waals surface area contributed by atoms with Crippen LogP contribution in [0, 0.1) is 5.82 Å². The van der Waals surface area contributed by atoms with E-state index in [1.54, 1.807) is 12.1 Å². The van der Waals surface area contributed by atoms with Crippen LogP contribution in [-0.2, 0) is 0 Å². The Balaban J connectivity index is 1.58. The van der Waals surface area contributed by atoms with Crippen LogP contribution in [0.3, 0.4) is 0 Å². The third kappa shape index (κ3) is 2.86. The van der Waals surface area contributed by atoms with Crippen molar-refractivity contribution in [2.24, 2.45) is 5.10 Å². The summed E-state index contributed by atoms with van der Waals surface area (Å²) in [5.74, 6) is 0.582. The highest BCUT2D eigenvalue weighted by Crippen LogP contribution is 2.47. The zero-order chi connectivity index (χ0) is 18.4. The maximum atomic E-state index is 13.4. The van der Waals surface area contributed by atoms with E-state index in [2.05, 4.69) is 6.07 Å². The Morgan fingerprint density at radius 1 is 0.963 bits per heavy atom. The van der Waals surface area contributed by atoms with Gasteiger partial charge in [0.15, 0.2) is 0 Å². The van der Waals surface area contributed by atoms with E-state index in [4.69, 9.17) is 21.4 Å². The summed E-state index contributed by atoms with van der Waals surface area (Å²) in [6.07, 6.45) is 0.384. The Labute approximate surface area is 161 Å². The molecule has 0 aromatic heterocycles. The lowest BCUT2D eigenvalue weighted by Gasteiger charge is -2.38. The number of benzene rings is 3. The molecule has 2 aliphatic heterocycles. The second-order valence-corrected chi connectivity index (χ2v) is 7.15. The molecule has 0 aliphatic carbocycles. The molecule has 5 heteroatoms. The van der Waals surface area contributed by atoms with Crippen LogP contribution in [-0.4, -0.2) is 10.7 Å². The molecule has 0 saturated carbocycles. The highest BCUT2D eigenvalue weighted by molar-refractivity contribution is 6.30. The van der Waals surface area contributed by atoms with E-state index in [1.807, 2.05) is 47.5 Å². The molecule has 2 heterocycles. The zero-order valence-electron chi connectivity index (χ0n) is 14.3. The molecule has 3 nitrogen and oxygen atoms in total. The van der Waals surface area contributed by atoms with Gasteiger partial charge in [0.05, 0.1) is 11.8 Å². The molecule has 5 rings (SSSR count). The van der Waals surface area contributed by atoms with Gasteiger partial charge in [0.2, 0.25) is 6.23 Å². The smallest absolute Gasteiger partial charge is 0.213 e. The number of fused-ring (bicyclic) bond motifs is 3. The molecule has 0 unspecified atom stereocenters. The summed E-state index contributed by atoms with van der Waals surface area (Å²) in [5.41, 5.74) is 4.02. The summed E-state index contributed by atoms with van der Waals surface area (Å²) < 4.78 is 19.6. The summed E-state index contributed by atoms with van der Waals surface area (Å²) in [6.45, 7) is 0. The topological polar surface area (TPSA) is 24.8 Å². The number of halogens is 2. The van der Waals surface area contributed by atoms with Crippen molar-refractivity contribution in [3.05, 3.63) is 100 Å². The van der Waals surface area contributed by atoms with Gasteiger partial charge < -0.3 is 4.74 Å². The molecule has 0 bridgehead atoms. The molecule has 0 amide bonds. The fraction of sp³-hybridized carbons (Fsp3) is 0.136. The van der Waals surface area contributed by atoms with Gasteiger partial charge in [-0.2, -0.15) is 5.10 Å². The van der Waals surface area contributed by atoms with Gasteiger partial charge in [0.25, 0.3) is 0 Å². The fourth-order valence-electron chi connectivity index (χ4n) is 3.70. The molecule has 3 aromatic carbocycles. The monoisotopic (exact) mass is 378 g/mol. The van der Waals surface area contributed by atoms with Crippen molar-refractivity contribution in [3.8, 4) is 5.75 Å². The van der Waals surface area contributed by atoms with Crippen molar-refractivity contribution < 1.29 is 9.13 Å². The molecule has 0 N–H and O–H groups in total. The lowest BCUT2D eigenvalue weighted by Crippen LogP contribution is -2.33. The van der Waals surface area contributed by atoms with E-state index < -0.39 is 6.23 Å². The van der Waals surface area contributed by atoms with Gasteiger partial charge in [-0.3, -0.25) is 0 Å². The van der Waals surface area contributed by atoms with Crippen molar-refractivity contribution in [2.75, 3.05) is 0 Å². The van der Waals surface area contributed by atoms with Crippen LogP contribution in [0.2, 0.25) is 5.02 Å². The van der Waals surface area contributed by atoms with Crippen LogP contribution >= 0.6 is 11.6 Å². The number of rotatable bonds is 2. The summed E-state index contributed by atoms with van der Waals surface area (Å²) in [7, 11) is 0. The van der Waals surface area contributed by atoms with E-state index in [0.29, 0.717) is 5.02 Å². The zero-order valence-corrected chi connectivity index (χ0v) is 15.1. The van der Waals surface area contributed by atoms with Crippen LogP contribution in [0.1, 0.15) is 35.4 Å². The second-order valence-electron chi connectivity index (χ2n) is 6.71. The standard InChI is InChI=1S/C22H16ClFN2O/c23-16-9-5-14(6-10-16)19-13-20-18-3-1-2-4-21(18)27-22(26(20)25-19)15-7-11-17(24)12-8-15/h1-12,20,22H,13H2/t20-,22+/m0/s1. The van der Waals surface area contributed by atoms with Gasteiger partial charge in [-0.1, -0.05) is 54.1 Å². The lowest BCUT2D eigenvalue weighted by molar-refractivity contribution is -0.0190. The van der Waals surface area contributed by atoms with Crippen LogP contribution in [0.4, 0.5) is 4.39 Å². The minimum Gasteiger partial charge on any atom is -0.464 e. The Morgan fingerprint density at radius 3 is 2.48 bits per heavy atom. The van der Waals surface area contributed by atoms with Gasteiger partial charge in [0, 0.05) is 22.6 Å². The first-order valence-corrected chi connectivity index (χ1v) is 9.19. The molecule has 0 fully saturated rings. The number of hydrazone groups is 1. The minimum absolute atomic E-state index is 0.0793. The number of nitrogens with zero attached hydrogens (tertiary/aromatic N) is 2. The third-order valence-corrected chi connectivity index (χ3v) is 5.28. The molecular weight excluding hydrogens is 363 g/mol. The fourth-order valence-corrected chi connectivity index (χ4v) is 3.82. The summed E-state index contributed by atoms with van der Waals surface area (Å²) in [6, 6.07) is 22.2. The highest BCUT2D eigenvalue weighted by atomic mass is 35.5. The number of hydrogen-bond acceptors (Lipinski definition) is 3. The van der Waals surface area contributed by atoms with Crippen LogP contribution in [0.5, 0.6) is 5.75 Å². The van der Waals surface area contributed by atoms with Gasteiger partial charge in [-0.15, -0.1) is 0 Å². The lowest BCUT2D eigenvalue weighted by atomic mass is 9.96. The number of hydrogen-bond donors (Lipinski definition) is 0. The van der Waals surface area contributed by atoms with Crippen molar-refractivity contribution in [2.45, 2.75) is 18.7 Å². The second kappa shape index (κ2) is 6.39. The van der Waals surface area contributed by atoms with Gasteiger partial charge in [0.1, 0.15) is 11.6 Å². The Morgan fingerprint density at radius 2 is 1.70 bits per heavy atom. The molecule has 2 atom stereocenters.